The molecule has 22 heavy (non-hydrogen) atoms. The van der Waals surface area contributed by atoms with Gasteiger partial charge in [-0.25, -0.2) is 0 Å². The van der Waals surface area contributed by atoms with Gasteiger partial charge in [-0.1, -0.05) is 18.2 Å². The minimum atomic E-state index is -0.553. The second-order valence-corrected chi connectivity index (χ2v) is 7.09. The van der Waals surface area contributed by atoms with Crippen LogP contribution in [-0.2, 0) is 11.8 Å². The van der Waals surface area contributed by atoms with Gasteiger partial charge < -0.3 is 14.6 Å². The van der Waals surface area contributed by atoms with Crippen LogP contribution in [0, 0.1) is 0 Å². The Balaban J connectivity index is 1.87. The molecule has 1 spiro atoms. The lowest BCUT2D eigenvalue weighted by Crippen LogP contribution is -2.64. The molecular formula is C18H21NO3. The van der Waals surface area contributed by atoms with Crippen LogP contribution in [0.4, 0.5) is 0 Å². The summed E-state index contributed by atoms with van der Waals surface area (Å²) in [5.74, 6) is 1.66. The highest BCUT2D eigenvalue weighted by Crippen LogP contribution is 2.65. The smallest absolute Gasteiger partial charge is 0.166 e. The highest BCUT2D eigenvalue weighted by Gasteiger charge is 2.70. The van der Waals surface area contributed by atoms with Crippen molar-refractivity contribution in [1.82, 2.24) is 4.90 Å². The van der Waals surface area contributed by atoms with Crippen molar-refractivity contribution in [1.29, 1.82) is 0 Å². The molecule has 2 aliphatic heterocycles. The van der Waals surface area contributed by atoms with E-state index < -0.39 is 6.10 Å². The molecule has 116 valence electrons. The van der Waals surface area contributed by atoms with Crippen LogP contribution >= 0.6 is 0 Å². The molecule has 0 amide bonds. The number of likely N-dealkylation sites (N-methyl/N-ethyl adjacent to an activating group) is 1. The summed E-state index contributed by atoms with van der Waals surface area (Å²) in [7, 11) is 3.89. The third-order valence-electron chi connectivity index (χ3n) is 6.55. The van der Waals surface area contributed by atoms with Crippen molar-refractivity contribution >= 4 is 0 Å². The Morgan fingerprint density at radius 3 is 3.05 bits per heavy atom. The predicted octanol–water partition coefficient (Wildman–Crippen LogP) is 1.65. The van der Waals surface area contributed by atoms with E-state index in [2.05, 4.69) is 24.1 Å². The maximum Gasteiger partial charge on any atom is 0.166 e. The molecule has 1 saturated heterocycles. The number of benzene rings is 1. The topological polar surface area (TPSA) is 41.9 Å². The average molecular weight is 299 g/mol. The summed E-state index contributed by atoms with van der Waals surface area (Å²) < 4.78 is 11.9. The third kappa shape index (κ3) is 1.14. The van der Waals surface area contributed by atoms with E-state index in [0.29, 0.717) is 0 Å². The fourth-order valence-corrected chi connectivity index (χ4v) is 5.60. The minimum Gasteiger partial charge on any atom is -0.493 e. The number of nitrogens with zero attached hydrogens (tertiary/aromatic N) is 1. The molecule has 5 rings (SSSR count). The second kappa shape index (κ2) is 3.87. The van der Waals surface area contributed by atoms with Crippen LogP contribution in [0.2, 0.25) is 0 Å². The first-order valence-electron chi connectivity index (χ1n) is 8.10. The Labute approximate surface area is 130 Å². The predicted molar refractivity (Wildman–Crippen MR) is 82.5 cm³/mol. The summed E-state index contributed by atoms with van der Waals surface area (Å²) in [6.07, 6.45) is 6.61. The number of methoxy groups -OCH3 is 1. The molecule has 2 heterocycles. The molecule has 1 aromatic rings. The Hall–Kier alpha value is -1.52. The van der Waals surface area contributed by atoms with Crippen molar-refractivity contribution in [3.63, 3.8) is 0 Å². The summed E-state index contributed by atoms with van der Waals surface area (Å²) in [6.45, 7) is 1.03. The van der Waals surface area contributed by atoms with E-state index >= 15 is 0 Å². The van der Waals surface area contributed by atoms with Gasteiger partial charge in [-0.15, -0.1) is 0 Å². The van der Waals surface area contributed by atoms with Crippen molar-refractivity contribution in [2.24, 2.45) is 0 Å². The van der Waals surface area contributed by atoms with E-state index in [4.69, 9.17) is 9.47 Å². The Bertz CT molecular complexity index is 700. The second-order valence-electron chi connectivity index (χ2n) is 7.09. The van der Waals surface area contributed by atoms with E-state index in [1.165, 1.54) is 11.1 Å². The standard InChI is InChI=1S/C18H21NO3/c1-19-10-9-18-14-11-3-4-13(21-2)15(14)22-16(18)12(20)6-8-17(18,19)7-5-11/h3-4,6,8,12,16,20H,5,7,9-10H2,1-2H3/t12-,16-,17+,18+/m0/s1. The maximum atomic E-state index is 10.6. The lowest BCUT2D eigenvalue weighted by atomic mass is 9.54. The van der Waals surface area contributed by atoms with E-state index in [-0.39, 0.29) is 17.1 Å². The summed E-state index contributed by atoms with van der Waals surface area (Å²) >= 11 is 0. The van der Waals surface area contributed by atoms with E-state index in [1.807, 2.05) is 12.1 Å². The lowest BCUT2D eigenvalue weighted by molar-refractivity contribution is -0.0178. The number of likely N-dealkylation sites (tertiary alicyclic amines) is 1. The average Bonchev–Trinajstić information content (AvgIpc) is 3.05. The summed E-state index contributed by atoms with van der Waals surface area (Å²) in [5, 5.41) is 10.6. The van der Waals surface area contributed by atoms with Gasteiger partial charge in [0.05, 0.1) is 18.1 Å². The van der Waals surface area contributed by atoms with Gasteiger partial charge in [-0.05, 0) is 44.5 Å². The molecule has 0 bridgehead atoms. The summed E-state index contributed by atoms with van der Waals surface area (Å²) in [5.41, 5.74) is 2.51. The first-order chi connectivity index (χ1) is 10.6. The normalized spacial score (nSPS) is 41.0. The number of hydrogen-bond acceptors (Lipinski definition) is 4. The lowest BCUT2D eigenvalue weighted by Gasteiger charge is -2.53. The molecular weight excluding hydrogens is 278 g/mol. The Morgan fingerprint density at radius 2 is 2.23 bits per heavy atom. The first-order valence-corrected chi connectivity index (χ1v) is 8.10. The molecule has 0 saturated carbocycles. The number of aliphatic hydroxyl groups excluding tert-OH is 1. The van der Waals surface area contributed by atoms with Crippen molar-refractivity contribution in [3.05, 3.63) is 35.4 Å². The van der Waals surface area contributed by atoms with Gasteiger partial charge in [0, 0.05) is 5.56 Å². The number of aliphatic hydroxyl groups is 1. The number of rotatable bonds is 1. The summed E-state index contributed by atoms with van der Waals surface area (Å²) in [4.78, 5) is 2.46. The molecule has 0 radical (unpaired) electrons. The van der Waals surface area contributed by atoms with Gasteiger partial charge >= 0.3 is 0 Å². The van der Waals surface area contributed by atoms with Crippen LogP contribution in [0.25, 0.3) is 0 Å². The van der Waals surface area contributed by atoms with Gasteiger partial charge in [-0.3, -0.25) is 4.90 Å². The highest BCUT2D eigenvalue weighted by atomic mass is 16.5. The van der Waals surface area contributed by atoms with Gasteiger partial charge in [0.1, 0.15) is 12.2 Å². The molecule has 0 aromatic heterocycles. The van der Waals surface area contributed by atoms with E-state index in [1.54, 1.807) is 7.11 Å². The van der Waals surface area contributed by atoms with Crippen LogP contribution in [0.1, 0.15) is 24.0 Å². The molecule has 1 fully saturated rings. The molecule has 1 aromatic carbocycles. The largest absolute Gasteiger partial charge is 0.493 e. The number of ether oxygens (including phenoxy) is 2. The summed E-state index contributed by atoms with van der Waals surface area (Å²) in [6, 6.07) is 4.19. The van der Waals surface area contributed by atoms with Gasteiger partial charge in [-0.2, -0.15) is 0 Å². The van der Waals surface area contributed by atoms with E-state index in [9.17, 15) is 5.11 Å². The van der Waals surface area contributed by atoms with Crippen molar-refractivity contribution in [2.45, 2.75) is 42.4 Å². The monoisotopic (exact) mass is 299 g/mol. The molecule has 1 N–H and O–H groups in total. The third-order valence-corrected chi connectivity index (χ3v) is 6.55. The van der Waals surface area contributed by atoms with Crippen molar-refractivity contribution in [2.75, 3.05) is 20.7 Å². The van der Waals surface area contributed by atoms with Crippen LogP contribution in [0.5, 0.6) is 11.5 Å². The molecule has 0 unspecified atom stereocenters. The zero-order chi connectivity index (χ0) is 15.1. The maximum absolute atomic E-state index is 10.6. The highest BCUT2D eigenvalue weighted by molar-refractivity contribution is 5.64. The molecule has 4 aliphatic rings. The SMILES string of the molecule is COc1ccc2c3c1O[C@H]1[C@@H](O)C=C[C@@]4(CC2)N(C)CC[C@@]314. The molecule has 2 aliphatic carbocycles. The number of aryl methyl sites for hydroxylation is 1. The minimum absolute atomic E-state index is 0.0263. The van der Waals surface area contributed by atoms with Crippen LogP contribution in [0.15, 0.2) is 24.3 Å². The van der Waals surface area contributed by atoms with Crippen LogP contribution < -0.4 is 9.47 Å². The molecule has 4 atom stereocenters. The zero-order valence-corrected chi connectivity index (χ0v) is 13.0. The van der Waals surface area contributed by atoms with Gasteiger partial charge in [0.25, 0.3) is 0 Å². The Kier molecular flexibility index (Phi) is 2.28. The quantitative estimate of drug-likeness (QED) is 0.801. The van der Waals surface area contributed by atoms with Gasteiger partial charge in [0.2, 0.25) is 0 Å². The fraction of sp³-hybridized carbons (Fsp3) is 0.556. The van der Waals surface area contributed by atoms with Crippen LogP contribution in [-0.4, -0.2) is 48.5 Å². The van der Waals surface area contributed by atoms with Crippen molar-refractivity contribution < 1.29 is 14.6 Å². The van der Waals surface area contributed by atoms with Crippen molar-refractivity contribution in [3.8, 4) is 11.5 Å². The van der Waals surface area contributed by atoms with Crippen LogP contribution in [0.3, 0.4) is 0 Å². The zero-order valence-electron chi connectivity index (χ0n) is 13.0. The van der Waals surface area contributed by atoms with E-state index in [0.717, 1.165) is 37.3 Å². The molecule has 4 heteroatoms. The Morgan fingerprint density at radius 1 is 1.36 bits per heavy atom. The first kappa shape index (κ1) is 13.0. The molecule has 4 nitrogen and oxygen atoms in total. The number of hydrogen-bond donors (Lipinski definition) is 1. The van der Waals surface area contributed by atoms with Gasteiger partial charge in [0.15, 0.2) is 11.5 Å². The fourth-order valence-electron chi connectivity index (χ4n) is 5.60.